The molecule has 1 saturated carbocycles. The van der Waals surface area contributed by atoms with Gasteiger partial charge in [0.1, 0.15) is 0 Å². The normalized spacial score (nSPS) is 17.4. The molecule has 0 radical (unpaired) electrons. The van der Waals surface area contributed by atoms with Crippen molar-refractivity contribution in [2.45, 2.75) is 45.1 Å². The van der Waals surface area contributed by atoms with E-state index in [2.05, 4.69) is 12.2 Å². The highest BCUT2D eigenvalue weighted by Gasteiger charge is 2.23. The highest BCUT2D eigenvalue weighted by atomic mass is 16.1. The van der Waals surface area contributed by atoms with E-state index in [4.69, 9.17) is 5.73 Å². The van der Waals surface area contributed by atoms with Crippen LogP contribution in [0.15, 0.2) is 24.3 Å². The van der Waals surface area contributed by atoms with Crippen LogP contribution in [0.5, 0.6) is 0 Å². The fraction of sp³-hybridized carbons (Fsp3) is 0.562. The summed E-state index contributed by atoms with van der Waals surface area (Å²) in [6.45, 7) is 2.74. The van der Waals surface area contributed by atoms with Crippen LogP contribution in [-0.4, -0.2) is 18.5 Å². The van der Waals surface area contributed by atoms with Crippen LogP contribution < -0.4 is 11.1 Å². The second kappa shape index (κ2) is 6.71. The standard InChI is InChI=1S/C16H24N2O/c1-12(14-6-2-3-7-14)18-16(19)15-8-4-5-13(11-15)9-10-17/h4-5,8,11-12,14H,2-3,6-7,9-10,17H2,1H3,(H,18,19). The van der Waals surface area contributed by atoms with Crippen LogP contribution in [0.3, 0.4) is 0 Å². The van der Waals surface area contributed by atoms with Crippen LogP contribution >= 0.6 is 0 Å². The Hall–Kier alpha value is -1.35. The largest absolute Gasteiger partial charge is 0.349 e. The number of carbonyl (C=O) groups excluding carboxylic acids is 1. The van der Waals surface area contributed by atoms with E-state index in [-0.39, 0.29) is 11.9 Å². The summed E-state index contributed by atoms with van der Waals surface area (Å²) in [6, 6.07) is 8.04. The van der Waals surface area contributed by atoms with Crippen LogP contribution in [-0.2, 0) is 6.42 Å². The molecule has 3 heteroatoms. The van der Waals surface area contributed by atoms with Crippen molar-refractivity contribution in [3.8, 4) is 0 Å². The minimum Gasteiger partial charge on any atom is -0.349 e. The van der Waals surface area contributed by atoms with Gasteiger partial charge in [0, 0.05) is 11.6 Å². The number of nitrogens with two attached hydrogens (primary N) is 1. The lowest BCUT2D eigenvalue weighted by Gasteiger charge is -2.20. The van der Waals surface area contributed by atoms with Gasteiger partial charge >= 0.3 is 0 Å². The molecule has 0 spiro atoms. The van der Waals surface area contributed by atoms with Gasteiger partial charge in [0.25, 0.3) is 5.91 Å². The van der Waals surface area contributed by atoms with E-state index < -0.39 is 0 Å². The highest BCUT2D eigenvalue weighted by molar-refractivity contribution is 5.94. The monoisotopic (exact) mass is 260 g/mol. The van der Waals surface area contributed by atoms with Crippen molar-refractivity contribution in [2.75, 3.05) is 6.54 Å². The van der Waals surface area contributed by atoms with Crippen molar-refractivity contribution in [1.82, 2.24) is 5.32 Å². The fourth-order valence-corrected chi connectivity index (χ4v) is 2.90. The second-order valence-corrected chi connectivity index (χ2v) is 5.55. The first-order chi connectivity index (χ1) is 9.20. The summed E-state index contributed by atoms with van der Waals surface area (Å²) in [7, 11) is 0. The van der Waals surface area contributed by atoms with E-state index in [0.717, 1.165) is 17.5 Å². The Kier molecular flexibility index (Phi) is 4.97. The summed E-state index contributed by atoms with van der Waals surface area (Å²) in [5.74, 6) is 0.689. The Morgan fingerprint density at radius 3 is 2.84 bits per heavy atom. The van der Waals surface area contributed by atoms with Gasteiger partial charge in [-0.25, -0.2) is 0 Å². The van der Waals surface area contributed by atoms with Gasteiger partial charge in [0.2, 0.25) is 0 Å². The van der Waals surface area contributed by atoms with Crippen LogP contribution in [0.1, 0.15) is 48.5 Å². The number of amides is 1. The fourth-order valence-electron chi connectivity index (χ4n) is 2.90. The number of carbonyl (C=O) groups is 1. The summed E-state index contributed by atoms with van der Waals surface area (Å²) in [4.78, 5) is 12.2. The van der Waals surface area contributed by atoms with Gasteiger partial charge in [-0.15, -0.1) is 0 Å². The molecule has 0 aliphatic heterocycles. The Balaban J connectivity index is 1.96. The van der Waals surface area contributed by atoms with Gasteiger partial charge in [-0.3, -0.25) is 4.79 Å². The topological polar surface area (TPSA) is 55.1 Å². The lowest BCUT2D eigenvalue weighted by atomic mass is 9.99. The number of rotatable bonds is 5. The van der Waals surface area contributed by atoms with Gasteiger partial charge in [-0.2, -0.15) is 0 Å². The second-order valence-electron chi connectivity index (χ2n) is 5.55. The molecule has 1 aliphatic rings. The average molecular weight is 260 g/mol. The summed E-state index contributed by atoms with van der Waals surface area (Å²) < 4.78 is 0. The first-order valence-corrected chi connectivity index (χ1v) is 7.30. The quantitative estimate of drug-likeness (QED) is 0.854. The third-order valence-electron chi connectivity index (χ3n) is 4.09. The molecule has 0 saturated heterocycles. The molecular weight excluding hydrogens is 236 g/mol. The number of benzene rings is 1. The first-order valence-electron chi connectivity index (χ1n) is 7.30. The molecule has 1 aliphatic carbocycles. The molecule has 1 aromatic carbocycles. The lowest BCUT2D eigenvalue weighted by molar-refractivity contribution is 0.0927. The third-order valence-corrected chi connectivity index (χ3v) is 4.09. The third kappa shape index (κ3) is 3.80. The number of nitrogens with one attached hydrogen (secondary N) is 1. The predicted octanol–water partition coefficient (Wildman–Crippen LogP) is 2.50. The molecule has 1 unspecified atom stereocenters. The first kappa shape index (κ1) is 14.1. The molecular formula is C16H24N2O. The van der Waals surface area contributed by atoms with Crippen LogP contribution in [0, 0.1) is 5.92 Å². The van der Waals surface area contributed by atoms with Gasteiger partial charge in [-0.05, 0) is 56.3 Å². The molecule has 19 heavy (non-hydrogen) atoms. The molecule has 1 atom stereocenters. The van der Waals surface area contributed by atoms with Crippen molar-refractivity contribution in [2.24, 2.45) is 11.7 Å². The SMILES string of the molecule is CC(NC(=O)c1cccc(CCN)c1)C1CCCC1. The van der Waals surface area contributed by atoms with E-state index in [1.165, 1.54) is 25.7 Å². The molecule has 2 rings (SSSR count). The summed E-state index contributed by atoms with van der Waals surface area (Å²) in [5.41, 5.74) is 7.42. The van der Waals surface area contributed by atoms with Crippen LogP contribution in [0.25, 0.3) is 0 Å². The highest BCUT2D eigenvalue weighted by Crippen LogP contribution is 2.27. The van der Waals surface area contributed by atoms with E-state index in [0.29, 0.717) is 12.5 Å². The van der Waals surface area contributed by atoms with Crippen LogP contribution in [0.2, 0.25) is 0 Å². The van der Waals surface area contributed by atoms with E-state index in [1.807, 2.05) is 24.3 Å². The van der Waals surface area contributed by atoms with E-state index >= 15 is 0 Å². The molecule has 1 fully saturated rings. The maximum absolute atomic E-state index is 12.2. The molecule has 0 bridgehead atoms. The van der Waals surface area contributed by atoms with E-state index in [9.17, 15) is 4.79 Å². The summed E-state index contributed by atoms with van der Waals surface area (Å²) in [6.07, 6.45) is 5.91. The van der Waals surface area contributed by atoms with Crippen molar-refractivity contribution >= 4 is 5.91 Å². The lowest BCUT2D eigenvalue weighted by Crippen LogP contribution is -2.37. The summed E-state index contributed by atoms with van der Waals surface area (Å²) >= 11 is 0. The molecule has 3 N–H and O–H groups in total. The maximum Gasteiger partial charge on any atom is 0.251 e. The minimum atomic E-state index is 0.0401. The molecule has 3 nitrogen and oxygen atoms in total. The van der Waals surface area contributed by atoms with E-state index in [1.54, 1.807) is 0 Å². The van der Waals surface area contributed by atoms with Gasteiger partial charge in [0.05, 0.1) is 0 Å². The molecule has 0 heterocycles. The molecule has 0 aromatic heterocycles. The zero-order chi connectivity index (χ0) is 13.7. The smallest absolute Gasteiger partial charge is 0.251 e. The van der Waals surface area contributed by atoms with Gasteiger partial charge in [-0.1, -0.05) is 25.0 Å². The van der Waals surface area contributed by atoms with Crippen LogP contribution in [0.4, 0.5) is 0 Å². The Morgan fingerprint density at radius 1 is 1.42 bits per heavy atom. The molecule has 1 amide bonds. The number of hydrogen-bond donors (Lipinski definition) is 2. The molecule has 104 valence electrons. The van der Waals surface area contributed by atoms with Gasteiger partial charge < -0.3 is 11.1 Å². The minimum absolute atomic E-state index is 0.0401. The Labute approximate surface area is 115 Å². The zero-order valence-electron chi connectivity index (χ0n) is 11.7. The van der Waals surface area contributed by atoms with Gasteiger partial charge in [0.15, 0.2) is 0 Å². The predicted molar refractivity (Wildman–Crippen MR) is 78.1 cm³/mol. The summed E-state index contributed by atoms with van der Waals surface area (Å²) in [5, 5.41) is 3.14. The number of hydrogen-bond acceptors (Lipinski definition) is 2. The Bertz CT molecular complexity index is 425. The van der Waals surface area contributed by atoms with Crippen molar-refractivity contribution < 1.29 is 4.79 Å². The zero-order valence-corrected chi connectivity index (χ0v) is 11.7. The van der Waals surface area contributed by atoms with Crippen molar-refractivity contribution in [3.05, 3.63) is 35.4 Å². The maximum atomic E-state index is 12.2. The Morgan fingerprint density at radius 2 is 2.16 bits per heavy atom. The average Bonchev–Trinajstić information content (AvgIpc) is 2.93. The van der Waals surface area contributed by atoms with Crippen molar-refractivity contribution in [3.63, 3.8) is 0 Å². The van der Waals surface area contributed by atoms with Crippen molar-refractivity contribution in [1.29, 1.82) is 0 Å². The molecule has 1 aromatic rings.